The van der Waals surface area contributed by atoms with E-state index in [9.17, 15) is 4.79 Å². The molecule has 2 aromatic carbocycles. The lowest BCUT2D eigenvalue weighted by molar-refractivity contribution is 0.101. The van der Waals surface area contributed by atoms with E-state index in [-0.39, 0.29) is 5.78 Å². The van der Waals surface area contributed by atoms with E-state index in [0.717, 1.165) is 33.7 Å². The van der Waals surface area contributed by atoms with Crippen LogP contribution in [0.25, 0.3) is 10.9 Å². The van der Waals surface area contributed by atoms with Gasteiger partial charge >= 0.3 is 0 Å². The smallest absolute Gasteiger partial charge is 0.162 e. The molecule has 0 saturated carbocycles. The molecule has 0 aliphatic rings. The Balaban J connectivity index is 1.86. The fourth-order valence-corrected chi connectivity index (χ4v) is 3.15. The zero-order valence-electron chi connectivity index (χ0n) is 14.2. The molecule has 0 saturated heterocycles. The highest BCUT2D eigenvalue weighted by molar-refractivity contribution is 6.08. The highest BCUT2D eigenvalue weighted by atomic mass is 16.5. The second kappa shape index (κ2) is 6.79. The average molecular weight is 323 g/mol. The maximum Gasteiger partial charge on any atom is 0.162 e. The quantitative estimate of drug-likeness (QED) is 0.637. The predicted molar refractivity (Wildman–Crippen MR) is 95.2 cm³/mol. The van der Waals surface area contributed by atoms with Crippen molar-refractivity contribution in [1.29, 1.82) is 0 Å². The highest BCUT2D eigenvalue weighted by Crippen LogP contribution is 2.28. The molecule has 0 atom stereocenters. The third-order valence-electron chi connectivity index (χ3n) is 4.22. The topological polar surface area (TPSA) is 40.5 Å². The number of para-hydroxylation sites is 3. The summed E-state index contributed by atoms with van der Waals surface area (Å²) >= 11 is 0. The Hall–Kier alpha value is -2.75. The summed E-state index contributed by atoms with van der Waals surface area (Å²) in [5.74, 6) is 1.53. The normalized spacial score (nSPS) is 10.8. The summed E-state index contributed by atoms with van der Waals surface area (Å²) in [6.07, 6.45) is 0. The molecule has 4 nitrogen and oxygen atoms in total. The predicted octanol–water partition coefficient (Wildman–Crippen LogP) is 4.24. The van der Waals surface area contributed by atoms with Gasteiger partial charge in [-0.25, -0.2) is 0 Å². The van der Waals surface area contributed by atoms with E-state index in [4.69, 9.17) is 9.47 Å². The fraction of sp³-hybridized carbons (Fsp3) is 0.250. The number of rotatable bonds is 6. The Labute approximate surface area is 141 Å². The number of Topliss-reactive ketones (excluding diaryl/α,β-unsaturated/α-hetero) is 1. The lowest BCUT2D eigenvalue weighted by atomic mass is 10.1. The highest BCUT2D eigenvalue weighted by Gasteiger charge is 2.16. The van der Waals surface area contributed by atoms with Crippen molar-refractivity contribution in [3.63, 3.8) is 0 Å². The van der Waals surface area contributed by atoms with Crippen LogP contribution in [0.2, 0.25) is 0 Å². The van der Waals surface area contributed by atoms with Crippen LogP contribution in [0.5, 0.6) is 11.5 Å². The first-order chi connectivity index (χ1) is 11.6. The zero-order chi connectivity index (χ0) is 17.1. The maximum atomic E-state index is 12.0. The second-order valence-corrected chi connectivity index (χ2v) is 5.68. The number of hydrogen-bond acceptors (Lipinski definition) is 3. The Morgan fingerprint density at radius 3 is 2.42 bits per heavy atom. The van der Waals surface area contributed by atoms with Crippen LogP contribution in [0.15, 0.2) is 48.5 Å². The third-order valence-corrected chi connectivity index (χ3v) is 4.22. The molecule has 0 N–H and O–H groups in total. The molecule has 0 spiro atoms. The van der Waals surface area contributed by atoms with E-state index in [2.05, 4.69) is 4.57 Å². The summed E-state index contributed by atoms with van der Waals surface area (Å²) in [6, 6.07) is 15.6. The number of carbonyl (C=O) groups is 1. The van der Waals surface area contributed by atoms with Crippen LogP contribution >= 0.6 is 0 Å². The van der Waals surface area contributed by atoms with E-state index in [0.29, 0.717) is 13.2 Å². The van der Waals surface area contributed by atoms with Crippen LogP contribution in [-0.4, -0.2) is 24.1 Å². The van der Waals surface area contributed by atoms with Crippen molar-refractivity contribution in [1.82, 2.24) is 4.57 Å². The van der Waals surface area contributed by atoms with Crippen molar-refractivity contribution < 1.29 is 14.3 Å². The van der Waals surface area contributed by atoms with Crippen molar-refractivity contribution >= 4 is 16.7 Å². The molecule has 1 heterocycles. The largest absolute Gasteiger partial charge is 0.493 e. The number of hydrogen-bond donors (Lipinski definition) is 0. The van der Waals surface area contributed by atoms with Gasteiger partial charge in [0.2, 0.25) is 0 Å². The molecule has 1 aromatic heterocycles. The van der Waals surface area contributed by atoms with Gasteiger partial charge in [0.15, 0.2) is 17.3 Å². The van der Waals surface area contributed by atoms with Gasteiger partial charge in [0.05, 0.1) is 13.7 Å². The van der Waals surface area contributed by atoms with Crippen molar-refractivity contribution in [2.24, 2.45) is 0 Å². The van der Waals surface area contributed by atoms with Crippen LogP contribution in [0.3, 0.4) is 0 Å². The summed E-state index contributed by atoms with van der Waals surface area (Å²) in [7, 11) is 1.63. The summed E-state index contributed by atoms with van der Waals surface area (Å²) in [4.78, 5) is 12.0. The van der Waals surface area contributed by atoms with Crippen molar-refractivity contribution in [2.75, 3.05) is 13.7 Å². The lowest BCUT2D eigenvalue weighted by Crippen LogP contribution is -2.10. The van der Waals surface area contributed by atoms with Gasteiger partial charge in [-0.3, -0.25) is 4.79 Å². The Morgan fingerprint density at radius 1 is 1.04 bits per heavy atom. The monoisotopic (exact) mass is 323 g/mol. The molecule has 0 aliphatic heterocycles. The van der Waals surface area contributed by atoms with Crippen molar-refractivity contribution in [3.8, 4) is 11.5 Å². The summed E-state index contributed by atoms with van der Waals surface area (Å²) in [6.45, 7) is 4.76. The number of nitrogens with zero attached hydrogens (tertiary/aromatic N) is 1. The van der Waals surface area contributed by atoms with Crippen LogP contribution in [-0.2, 0) is 6.54 Å². The standard InChI is InChI=1S/C20H21NO3/c1-14-20(15(2)22)16-8-4-5-9-17(16)21(14)12-13-24-19-11-7-6-10-18(19)23-3/h4-11H,12-13H2,1-3H3. The van der Waals surface area contributed by atoms with Gasteiger partial charge in [-0.2, -0.15) is 0 Å². The van der Waals surface area contributed by atoms with Crippen molar-refractivity contribution in [2.45, 2.75) is 20.4 Å². The van der Waals surface area contributed by atoms with Crippen LogP contribution in [0, 0.1) is 6.92 Å². The summed E-state index contributed by atoms with van der Waals surface area (Å²) in [5, 5.41) is 1.000. The molecule has 0 unspecified atom stereocenters. The van der Waals surface area contributed by atoms with E-state index < -0.39 is 0 Å². The first kappa shape index (κ1) is 16.1. The molecular weight excluding hydrogens is 302 g/mol. The van der Waals surface area contributed by atoms with Crippen LogP contribution in [0.1, 0.15) is 23.0 Å². The van der Waals surface area contributed by atoms with E-state index in [1.54, 1.807) is 14.0 Å². The second-order valence-electron chi connectivity index (χ2n) is 5.68. The maximum absolute atomic E-state index is 12.0. The number of carbonyl (C=O) groups excluding carboxylic acids is 1. The van der Waals surface area contributed by atoms with Gasteiger partial charge in [0.25, 0.3) is 0 Å². The number of fused-ring (bicyclic) bond motifs is 1. The molecule has 3 aromatic rings. The van der Waals surface area contributed by atoms with E-state index in [1.807, 2.05) is 55.5 Å². The molecule has 0 amide bonds. The van der Waals surface area contributed by atoms with Crippen LogP contribution < -0.4 is 9.47 Å². The molecule has 0 radical (unpaired) electrons. The van der Waals surface area contributed by atoms with Gasteiger partial charge < -0.3 is 14.0 Å². The first-order valence-corrected chi connectivity index (χ1v) is 7.98. The average Bonchev–Trinajstić information content (AvgIpc) is 2.87. The Bertz CT molecular complexity index is 880. The molecule has 24 heavy (non-hydrogen) atoms. The molecule has 4 heteroatoms. The Kier molecular flexibility index (Phi) is 4.56. The minimum atomic E-state index is 0.0908. The molecule has 0 aliphatic carbocycles. The summed E-state index contributed by atoms with van der Waals surface area (Å²) < 4.78 is 13.3. The SMILES string of the molecule is COc1ccccc1OCCn1c(C)c(C(C)=O)c2ccccc21. The molecule has 124 valence electrons. The van der Waals surface area contributed by atoms with E-state index >= 15 is 0 Å². The third kappa shape index (κ3) is 2.87. The van der Waals surface area contributed by atoms with Gasteiger partial charge in [-0.1, -0.05) is 30.3 Å². The number of ether oxygens (including phenoxy) is 2. The molecule has 0 bridgehead atoms. The number of aromatic nitrogens is 1. The summed E-state index contributed by atoms with van der Waals surface area (Å²) in [5.41, 5.74) is 2.83. The lowest BCUT2D eigenvalue weighted by Gasteiger charge is -2.12. The minimum Gasteiger partial charge on any atom is -0.493 e. The molecule has 0 fully saturated rings. The number of benzene rings is 2. The zero-order valence-corrected chi connectivity index (χ0v) is 14.2. The minimum absolute atomic E-state index is 0.0908. The van der Waals surface area contributed by atoms with Crippen LogP contribution in [0.4, 0.5) is 0 Å². The van der Waals surface area contributed by atoms with Gasteiger partial charge in [0, 0.05) is 22.2 Å². The van der Waals surface area contributed by atoms with E-state index in [1.165, 1.54) is 0 Å². The Morgan fingerprint density at radius 2 is 1.71 bits per heavy atom. The van der Waals surface area contributed by atoms with Gasteiger partial charge in [0.1, 0.15) is 6.61 Å². The molecule has 3 rings (SSSR count). The van der Waals surface area contributed by atoms with Crippen molar-refractivity contribution in [3.05, 3.63) is 59.8 Å². The first-order valence-electron chi connectivity index (χ1n) is 7.98. The van der Waals surface area contributed by atoms with Gasteiger partial charge in [-0.05, 0) is 32.0 Å². The fourth-order valence-electron chi connectivity index (χ4n) is 3.15. The molecular formula is C20H21NO3. The number of ketones is 1. The van der Waals surface area contributed by atoms with Gasteiger partial charge in [-0.15, -0.1) is 0 Å². The number of methoxy groups -OCH3 is 1.